The summed E-state index contributed by atoms with van der Waals surface area (Å²) in [6, 6.07) is 13.4. The molecular weight excluding hydrogens is 274 g/mol. The molecule has 4 nitrogen and oxygen atoms in total. The lowest BCUT2D eigenvalue weighted by atomic mass is 9.87. The molecule has 3 aromatic rings. The van der Waals surface area contributed by atoms with Crippen LogP contribution in [0, 0.1) is 0 Å². The van der Waals surface area contributed by atoms with Crippen molar-refractivity contribution < 1.29 is 4.79 Å². The molecule has 0 aliphatic carbocycles. The molecule has 0 radical (unpaired) electrons. The maximum Gasteiger partial charge on any atom is 0.255 e. The number of rotatable bonds is 2. The Kier molecular flexibility index (Phi) is 3.45. The Bertz CT molecular complexity index is 810. The van der Waals surface area contributed by atoms with Gasteiger partial charge in [0, 0.05) is 16.6 Å². The third-order valence-corrected chi connectivity index (χ3v) is 3.71. The molecule has 112 valence electrons. The molecule has 3 rings (SSSR count). The van der Waals surface area contributed by atoms with Crippen molar-refractivity contribution in [2.45, 2.75) is 26.2 Å². The Balaban J connectivity index is 1.78. The molecule has 1 aromatic heterocycles. The molecule has 0 saturated carbocycles. The Morgan fingerprint density at radius 2 is 1.82 bits per heavy atom. The highest BCUT2D eigenvalue weighted by molar-refractivity contribution is 6.05. The van der Waals surface area contributed by atoms with Gasteiger partial charge >= 0.3 is 0 Å². The van der Waals surface area contributed by atoms with Gasteiger partial charge < -0.3 is 5.32 Å². The standard InChI is InChI=1S/C18H19N3O/c1-18(2,3)14-7-4-12(5-8-14)17(22)20-15-9-6-13-11-19-21-16(13)10-15/h4-11H,1-3H3,(H,19,21)(H,20,22). The van der Waals surface area contributed by atoms with E-state index in [1.807, 2.05) is 42.5 Å². The maximum absolute atomic E-state index is 12.3. The number of aromatic nitrogens is 2. The van der Waals surface area contributed by atoms with Gasteiger partial charge in [0.05, 0.1) is 11.7 Å². The minimum atomic E-state index is -0.112. The lowest BCUT2D eigenvalue weighted by Crippen LogP contribution is -2.14. The van der Waals surface area contributed by atoms with Crippen LogP contribution in [-0.2, 0) is 5.41 Å². The Hall–Kier alpha value is -2.62. The predicted octanol–water partition coefficient (Wildman–Crippen LogP) is 4.11. The van der Waals surface area contributed by atoms with Gasteiger partial charge in [0.25, 0.3) is 5.91 Å². The normalized spacial score (nSPS) is 11.6. The lowest BCUT2D eigenvalue weighted by Gasteiger charge is -2.19. The first-order valence-corrected chi connectivity index (χ1v) is 7.28. The summed E-state index contributed by atoms with van der Waals surface area (Å²) >= 11 is 0. The van der Waals surface area contributed by atoms with E-state index in [0.717, 1.165) is 16.6 Å². The van der Waals surface area contributed by atoms with Crippen LogP contribution in [0.4, 0.5) is 5.69 Å². The van der Waals surface area contributed by atoms with Gasteiger partial charge in [-0.3, -0.25) is 9.89 Å². The molecule has 0 saturated heterocycles. The van der Waals surface area contributed by atoms with Crippen LogP contribution in [0.1, 0.15) is 36.7 Å². The minimum Gasteiger partial charge on any atom is -0.322 e. The zero-order chi connectivity index (χ0) is 15.7. The summed E-state index contributed by atoms with van der Waals surface area (Å²) in [5.74, 6) is -0.112. The number of aromatic amines is 1. The van der Waals surface area contributed by atoms with Crippen molar-refractivity contribution >= 4 is 22.5 Å². The quantitative estimate of drug-likeness (QED) is 0.747. The summed E-state index contributed by atoms with van der Waals surface area (Å²) in [6.45, 7) is 6.46. The van der Waals surface area contributed by atoms with Gasteiger partial charge in [-0.05, 0) is 41.3 Å². The molecule has 0 bridgehead atoms. The fourth-order valence-corrected chi connectivity index (χ4v) is 2.34. The third kappa shape index (κ3) is 2.86. The van der Waals surface area contributed by atoms with Gasteiger partial charge in [0.1, 0.15) is 0 Å². The van der Waals surface area contributed by atoms with E-state index in [1.165, 1.54) is 5.56 Å². The first-order chi connectivity index (χ1) is 10.4. The molecule has 0 spiro atoms. The second-order valence-electron chi connectivity index (χ2n) is 6.45. The lowest BCUT2D eigenvalue weighted by molar-refractivity contribution is 0.102. The van der Waals surface area contributed by atoms with Gasteiger partial charge in [-0.1, -0.05) is 32.9 Å². The van der Waals surface area contributed by atoms with Crippen LogP contribution in [0.3, 0.4) is 0 Å². The van der Waals surface area contributed by atoms with Gasteiger partial charge in [0.15, 0.2) is 0 Å². The van der Waals surface area contributed by atoms with E-state index in [-0.39, 0.29) is 11.3 Å². The average Bonchev–Trinajstić information content (AvgIpc) is 2.94. The molecule has 1 heterocycles. The molecular formula is C18H19N3O. The van der Waals surface area contributed by atoms with E-state index in [9.17, 15) is 4.79 Å². The summed E-state index contributed by atoms with van der Waals surface area (Å²) < 4.78 is 0. The number of benzene rings is 2. The maximum atomic E-state index is 12.3. The van der Waals surface area contributed by atoms with Crippen molar-refractivity contribution in [2.75, 3.05) is 5.32 Å². The van der Waals surface area contributed by atoms with Crippen molar-refractivity contribution in [1.82, 2.24) is 10.2 Å². The summed E-state index contributed by atoms with van der Waals surface area (Å²) in [5.41, 5.74) is 3.60. The smallest absolute Gasteiger partial charge is 0.255 e. The van der Waals surface area contributed by atoms with E-state index in [2.05, 4.69) is 36.3 Å². The summed E-state index contributed by atoms with van der Waals surface area (Å²) in [7, 11) is 0. The van der Waals surface area contributed by atoms with Crippen LogP contribution in [0.15, 0.2) is 48.7 Å². The summed E-state index contributed by atoms with van der Waals surface area (Å²) in [5, 5.41) is 10.8. The molecule has 0 aliphatic rings. The monoisotopic (exact) mass is 293 g/mol. The first kappa shape index (κ1) is 14.3. The van der Waals surface area contributed by atoms with Gasteiger partial charge in [-0.25, -0.2) is 0 Å². The predicted molar refractivity (Wildman–Crippen MR) is 89.2 cm³/mol. The number of hydrogen-bond acceptors (Lipinski definition) is 2. The van der Waals surface area contributed by atoms with Crippen LogP contribution < -0.4 is 5.32 Å². The Labute approximate surface area is 129 Å². The number of nitrogens with zero attached hydrogens (tertiary/aromatic N) is 1. The third-order valence-electron chi connectivity index (χ3n) is 3.71. The van der Waals surface area contributed by atoms with E-state index >= 15 is 0 Å². The zero-order valence-corrected chi connectivity index (χ0v) is 13.0. The van der Waals surface area contributed by atoms with E-state index < -0.39 is 0 Å². The van der Waals surface area contributed by atoms with Gasteiger partial charge in [-0.2, -0.15) is 5.10 Å². The molecule has 0 aliphatic heterocycles. The van der Waals surface area contributed by atoms with Gasteiger partial charge in [-0.15, -0.1) is 0 Å². The zero-order valence-electron chi connectivity index (χ0n) is 13.0. The van der Waals surface area contributed by atoms with Crippen LogP contribution in [-0.4, -0.2) is 16.1 Å². The van der Waals surface area contributed by atoms with E-state index in [1.54, 1.807) is 6.20 Å². The molecule has 0 unspecified atom stereocenters. The number of fused-ring (bicyclic) bond motifs is 1. The number of anilines is 1. The highest BCUT2D eigenvalue weighted by atomic mass is 16.1. The molecule has 2 aromatic carbocycles. The van der Waals surface area contributed by atoms with Crippen LogP contribution in [0.5, 0.6) is 0 Å². The van der Waals surface area contributed by atoms with Crippen LogP contribution in [0.25, 0.3) is 10.9 Å². The van der Waals surface area contributed by atoms with Crippen molar-refractivity contribution in [3.8, 4) is 0 Å². The Morgan fingerprint density at radius 3 is 2.50 bits per heavy atom. The highest BCUT2D eigenvalue weighted by Crippen LogP contribution is 2.23. The van der Waals surface area contributed by atoms with E-state index in [4.69, 9.17) is 0 Å². The molecule has 0 fully saturated rings. The second kappa shape index (κ2) is 5.30. The number of H-pyrrole nitrogens is 1. The largest absolute Gasteiger partial charge is 0.322 e. The fraction of sp³-hybridized carbons (Fsp3) is 0.222. The van der Waals surface area contributed by atoms with Gasteiger partial charge in [0.2, 0.25) is 0 Å². The molecule has 2 N–H and O–H groups in total. The number of carbonyl (C=O) groups excluding carboxylic acids is 1. The molecule has 22 heavy (non-hydrogen) atoms. The average molecular weight is 293 g/mol. The summed E-state index contributed by atoms with van der Waals surface area (Å²) in [6.07, 6.45) is 1.76. The summed E-state index contributed by atoms with van der Waals surface area (Å²) in [4.78, 5) is 12.3. The van der Waals surface area contributed by atoms with Crippen molar-refractivity contribution in [3.05, 3.63) is 59.8 Å². The number of carbonyl (C=O) groups is 1. The van der Waals surface area contributed by atoms with Crippen molar-refractivity contribution in [3.63, 3.8) is 0 Å². The first-order valence-electron chi connectivity index (χ1n) is 7.28. The van der Waals surface area contributed by atoms with Crippen molar-refractivity contribution in [2.24, 2.45) is 0 Å². The molecule has 1 amide bonds. The highest BCUT2D eigenvalue weighted by Gasteiger charge is 2.14. The Morgan fingerprint density at radius 1 is 1.09 bits per heavy atom. The van der Waals surface area contributed by atoms with Crippen molar-refractivity contribution in [1.29, 1.82) is 0 Å². The molecule has 0 atom stereocenters. The number of amides is 1. The van der Waals surface area contributed by atoms with Crippen LogP contribution in [0.2, 0.25) is 0 Å². The van der Waals surface area contributed by atoms with E-state index in [0.29, 0.717) is 5.56 Å². The molecule has 4 heteroatoms. The second-order valence-corrected chi connectivity index (χ2v) is 6.45. The van der Waals surface area contributed by atoms with Crippen LogP contribution >= 0.6 is 0 Å². The SMILES string of the molecule is CC(C)(C)c1ccc(C(=O)Nc2ccc3cn[nH]c3c2)cc1. The topological polar surface area (TPSA) is 57.8 Å². The fourth-order valence-electron chi connectivity index (χ4n) is 2.34. The number of nitrogens with one attached hydrogen (secondary N) is 2. The minimum absolute atomic E-state index is 0.0840. The number of hydrogen-bond donors (Lipinski definition) is 2.